The molecule has 102 valence electrons. The Labute approximate surface area is 109 Å². The van der Waals surface area contributed by atoms with E-state index in [2.05, 4.69) is 15.5 Å². The fourth-order valence-electron chi connectivity index (χ4n) is 1.51. The number of benzene rings is 1. The van der Waals surface area contributed by atoms with Crippen LogP contribution < -0.4 is 0 Å². The third-order valence-electron chi connectivity index (χ3n) is 2.27. The first-order valence-corrected chi connectivity index (χ1v) is 8.77. The Bertz CT molecular complexity index is 823. The molecule has 0 aliphatic rings. The number of sulfone groups is 2. The SMILES string of the molecule is CS(=O)(=O)c1ccccc1-n1nnnc1S(C)(=O)=O. The summed E-state index contributed by atoms with van der Waals surface area (Å²) in [7, 11) is -7.20. The van der Waals surface area contributed by atoms with Gasteiger partial charge in [-0.25, -0.2) is 16.8 Å². The van der Waals surface area contributed by atoms with Gasteiger partial charge in [0.15, 0.2) is 9.84 Å². The highest BCUT2D eigenvalue weighted by Gasteiger charge is 2.22. The van der Waals surface area contributed by atoms with Gasteiger partial charge in [0.25, 0.3) is 5.16 Å². The van der Waals surface area contributed by atoms with Crippen LogP contribution in [0.4, 0.5) is 0 Å². The van der Waals surface area contributed by atoms with Crippen LogP contribution in [0.25, 0.3) is 5.69 Å². The van der Waals surface area contributed by atoms with Crippen molar-refractivity contribution in [1.82, 2.24) is 20.2 Å². The van der Waals surface area contributed by atoms with Crippen LogP contribution in [0.3, 0.4) is 0 Å². The molecule has 1 aromatic heterocycles. The molecule has 0 fully saturated rings. The van der Waals surface area contributed by atoms with Crippen LogP contribution in [-0.2, 0) is 19.7 Å². The van der Waals surface area contributed by atoms with E-state index in [0.717, 1.165) is 17.2 Å². The second kappa shape index (κ2) is 4.38. The van der Waals surface area contributed by atoms with Crippen molar-refractivity contribution in [3.63, 3.8) is 0 Å². The largest absolute Gasteiger partial charge is 0.272 e. The fourth-order valence-corrected chi connectivity index (χ4v) is 3.00. The average Bonchev–Trinajstić information content (AvgIpc) is 2.76. The van der Waals surface area contributed by atoms with Crippen molar-refractivity contribution in [3.8, 4) is 5.69 Å². The third-order valence-corrected chi connectivity index (χ3v) is 4.33. The summed E-state index contributed by atoms with van der Waals surface area (Å²) in [6.45, 7) is 0. The molecular weight excluding hydrogens is 292 g/mol. The van der Waals surface area contributed by atoms with Crippen molar-refractivity contribution in [2.75, 3.05) is 12.5 Å². The maximum Gasteiger partial charge on any atom is 0.272 e. The first kappa shape index (κ1) is 13.6. The average molecular weight is 302 g/mol. The number of para-hydroxylation sites is 1. The van der Waals surface area contributed by atoms with E-state index >= 15 is 0 Å². The minimum absolute atomic E-state index is 0.0489. The van der Waals surface area contributed by atoms with Crippen LogP contribution in [-0.4, -0.2) is 49.6 Å². The zero-order valence-corrected chi connectivity index (χ0v) is 11.7. The van der Waals surface area contributed by atoms with Crippen LogP contribution in [0.15, 0.2) is 34.3 Å². The number of rotatable bonds is 3. The molecule has 0 aliphatic carbocycles. The lowest BCUT2D eigenvalue weighted by atomic mass is 10.3. The van der Waals surface area contributed by atoms with Gasteiger partial charge < -0.3 is 0 Å². The normalized spacial score (nSPS) is 12.5. The van der Waals surface area contributed by atoms with E-state index < -0.39 is 24.8 Å². The predicted octanol–water partition coefficient (Wildman–Crippen LogP) is -0.531. The maximum atomic E-state index is 11.7. The number of aromatic nitrogens is 4. The van der Waals surface area contributed by atoms with Crippen LogP contribution >= 0.6 is 0 Å². The highest BCUT2D eigenvalue weighted by Crippen LogP contribution is 2.20. The van der Waals surface area contributed by atoms with Gasteiger partial charge in [0.05, 0.1) is 10.6 Å². The summed E-state index contributed by atoms with van der Waals surface area (Å²) in [5.41, 5.74) is 0.0930. The minimum Gasteiger partial charge on any atom is -0.224 e. The minimum atomic E-state index is -3.67. The third kappa shape index (κ3) is 2.63. The lowest BCUT2D eigenvalue weighted by Gasteiger charge is -2.07. The van der Waals surface area contributed by atoms with E-state index in [9.17, 15) is 16.8 Å². The Morgan fingerprint density at radius 1 is 1.00 bits per heavy atom. The van der Waals surface area contributed by atoms with Crippen molar-refractivity contribution in [2.45, 2.75) is 10.1 Å². The van der Waals surface area contributed by atoms with Crippen LogP contribution in [0, 0.1) is 0 Å². The molecule has 2 aromatic rings. The van der Waals surface area contributed by atoms with E-state index in [1.807, 2.05) is 0 Å². The van der Waals surface area contributed by atoms with Gasteiger partial charge in [-0.05, 0) is 22.6 Å². The first-order valence-electron chi connectivity index (χ1n) is 4.99. The van der Waals surface area contributed by atoms with E-state index in [0.29, 0.717) is 0 Å². The molecule has 0 unspecified atom stereocenters. The van der Waals surface area contributed by atoms with Gasteiger partial charge in [-0.15, -0.1) is 0 Å². The van der Waals surface area contributed by atoms with E-state index in [-0.39, 0.29) is 10.6 Å². The highest BCUT2D eigenvalue weighted by atomic mass is 32.2. The van der Waals surface area contributed by atoms with E-state index in [1.54, 1.807) is 6.07 Å². The second-order valence-corrected chi connectivity index (χ2v) is 7.78. The maximum absolute atomic E-state index is 11.7. The van der Waals surface area contributed by atoms with Crippen LogP contribution in [0.1, 0.15) is 0 Å². The van der Waals surface area contributed by atoms with Crippen molar-refractivity contribution in [2.24, 2.45) is 0 Å². The Hall–Kier alpha value is -1.81. The molecule has 10 heteroatoms. The van der Waals surface area contributed by atoms with Crippen molar-refractivity contribution < 1.29 is 16.8 Å². The Morgan fingerprint density at radius 2 is 1.63 bits per heavy atom. The van der Waals surface area contributed by atoms with Gasteiger partial charge in [0, 0.05) is 12.5 Å². The molecule has 0 bridgehead atoms. The summed E-state index contributed by atoms with van der Waals surface area (Å²) in [6, 6.07) is 5.89. The summed E-state index contributed by atoms with van der Waals surface area (Å²) in [4.78, 5) is -0.0489. The molecule has 2 rings (SSSR count). The van der Waals surface area contributed by atoms with E-state index in [1.165, 1.54) is 18.2 Å². The number of hydrogen-bond acceptors (Lipinski definition) is 7. The molecule has 19 heavy (non-hydrogen) atoms. The summed E-state index contributed by atoms with van der Waals surface area (Å²) < 4.78 is 47.3. The monoisotopic (exact) mass is 302 g/mol. The molecule has 0 saturated carbocycles. The smallest absolute Gasteiger partial charge is 0.224 e. The van der Waals surface area contributed by atoms with Gasteiger partial charge in [-0.1, -0.05) is 17.2 Å². The molecule has 1 heterocycles. The fraction of sp³-hybridized carbons (Fsp3) is 0.222. The quantitative estimate of drug-likeness (QED) is 0.749. The molecule has 1 aromatic carbocycles. The summed E-state index contributed by atoms with van der Waals surface area (Å²) >= 11 is 0. The Kier molecular flexibility index (Phi) is 3.14. The molecule has 8 nitrogen and oxygen atoms in total. The lowest BCUT2D eigenvalue weighted by Crippen LogP contribution is -2.12. The summed E-state index contributed by atoms with van der Waals surface area (Å²) in [5, 5.41) is 9.81. The first-order chi connectivity index (χ1) is 8.71. The zero-order valence-electron chi connectivity index (χ0n) is 10.0. The Morgan fingerprint density at radius 3 is 2.21 bits per heavy atom. The van der Waals surface area contributed by atoms with Gasteiger partial charge in [0.2, 0.25) is 9.84 Å². The van der Waals surface area contributed by atoms with Crippen molar-refractivity contribution in [3.05, 3.63) is 24.3 Å². The second-order valence-electron chi connectivity index (χ2n) is 3.89. The van der Waals surface area contributed by atoms with Crippen LogP contribution in [0.2, 0.25) is 0 Å². The molecule has 0 saturated heterocycles. The lowest BCUT2D eigenvalue weighted by molar-refractivity contribution is 0.582. The molecular formula is C9H10N4O4S2. The molecule has 0 atom stereocenters. The molecule has 0 N–H and O–H groups in total. The van der Waals surface area contributed by atoms with Crippen LogP contribution in [0.5, 0.6) is 0 Å². The molecule has 0 aliphatic heterocycles. The van der Waals surface area contributed by atoms with Crippen molar-refractivity contribution in [1.29, 1.82) is 0 Å². The number of tetrazole rings is 1. The van der Waals surface area contributed by atoms with E-state index in [4.69, 9.17) is 0 Å². The van der Waals surface area contributed by atoms with Gasteiger partial charge in [0.1, 0.15) is 0 Å². The predicted molar refractivity (Wildman–Crippen MR) is 65.4 cm³/mol. The van der Waals surface area contributed by atoms with Gasteiger partial charge >= 0.3 is 0 Å². The number of hydrogen-bond donors (Lipinski definition) is 0. The zero-order chi connectivity index (χ0) is 14.3. The Balaban J connectivity index is 2.79. The topological polar surface area (TPSA) is 112 Å². The van der Waals surface area contributed by atoms with Crippen molar-refractivity contribution >= 4 is 19.7 Å². The highest BCUT2D eigenvalue weighted by molar-refractivity contribution is 7.91. The van der Waals surface area contributed by atoms with Gasteiger partial charge in [-0.3, -0.25) is 0 Å². The summed E-state index contributed by atoms with van der Waals surface area (Å²) in [5.74, 6) is 0. The number of nitrogens with zero attached hydrogens (tertiary/aromatic N) is 4. The summed E-state index contributed by atoms with van der Waals surface area (Å²) in [6.07, 6.45) is 1.97. The standard InChI is InChI=1S/C9H10N4O4S2/c1-18(14,15)8-6-4-3-5-7(8)13-9(10-11-12-13)19(2,16)17/h3-6H,1-2H3. The molecule has 0 radical (unpaired) electrons. The molecule has 0 spiro atoms. The van der Waals surface area contributed by atoms with Gasteiger partial charge in [-0.2, -0.15) is 4.68 Å². The molecule has 0 amide bonds.